The zero-order chi connectivity index (χ0) is 24.8. The van der Waals surface area contributed by atoms with Gasteiger partial charge in [-0.15, -0.1) is 0 Å². The first-order valence-electron chi connectivity index (χ1n) is 10.6. The maximum absolute atomic E-state index is 12.1. The van der Waals surface area contributed by atoms with Gasteiger partial charge in [-0.25, -0.2) is 0 Å². The Morgan fingerprint density at radius 2 is 1.31 bits per heavy atom. The molecule has 4 rings (SSSR count). The number of benzene rings is 4. The molecule has 4 aromatic rings. The number of nitro benzene ring substituents is 2. The second kappa shape index (κ2) is 10.6. The second-order valence-corrected chi connectivity index (χ2v) is 7.97. The Kier molecular flexibility index (Phi) is 7.13. The van der Waals surface area contributed by atoms with E-state index >= 15 is 0 Å². The third kappa shape index (κ3) is 5.34. The molecule has 35 heavy (non-hydrogen) atoms. The van der Waals surface area contributed by atoms with Crippen LogP contribution in [0.5, 0.6) is 0 Å². The van der Waals surface area contributed by atoms with Gasteiger partial charge in [0.1, 0.15) is 5.02 Å². The Bertz CT molecular complexity index is 1380. The molecule has 0 heterocycles. The van der Waals surface area contributed by atoms with Crippen LogP contribution in [0.4, 0.5) is 17.1 Å². The van der Waals surface area contributed by atoms with Crippen molar-refractivity contribution in [3.63, 3.8) is 0 Å². The summed E-state index contributed by atoms with van der Waals surface area (Å²) in [4.78, 5) is 22.1. The number of anilines is 1. The standard InChI is InChI=1S/C26H19ClN4O4/c27-22-16-21(23(30(32)33)17-24(22)31(34)35)25(18-10-4-1-5-11-18)26(19-12-6-2-7-13-19)29-28-20-14-8-3-9-15-20/h1-17,25,28H/b29-26-/t25-/m1/s1. The van der Waals surface area contributed by atoms with Gasteiger partial charge in [0, 0.05) is 5.56 Å². The minimum atomic E-state index is -0.756. The fraction of sp³-hybridized carbons (Fsp3) is 0.0385. The fourth-order valence-corrected chi connectivity index (χ4v) is 4.01. The number of nitrogens with one attached hydrogen (secondary N) is 1. The van der Waals surface area contributed by atoms with Crippen molar-refractivity contribution in [1.29, 1.82) is 0 Å². The summed E-state index contributed by atoms with van der Waals surface area (Å²) in [6, 6.07) is 29.8. The minimum absolute atomic E-state index is 0.189. The molecular formula is C26H19ClN4O4. The summed E-state index contributed by atoms with van der Waals surface area (Å²) in [5.41, 5.74) is 4.90. The molecule has 1 N–H and O–H groups in total. The van der Waals surface area contributed by atoms with Gasteiger partial charge < -0.3 is 0 Å². The second-order valence-electron chi connectivity index (χ2n) is 7.56. The lowest BCUT2D eigenvalue weighted by atomic mass is 9.83. The predicted octanol–water partition coefficient (Wildman–Crippen LogP) is 6.80. The summed E-state index contributed by atoms with van der Waals surface area (Å²) in [6.07, 6.45) is 0. The van der Waals surface area contributed by atoms with Gasteiger partial charge in [0.25, 0.3) is 11.4 Å². The summed E-state index contributed by atoms with van der Waals surface area (Å²) in [5, 5.41) is 28.0. The number of hydrogen-bond acceptors (Lipinski definition) is 6. The van der Waals surface area contributed by atoms with Crippen LogP contribution in [-0.4, -0.2) is 15.6 Å². The van der Waals surface area contributed by atoms with E-state index in [2.05, 4.69) is 10.5 Å². The molecule has 0 amide bonds. The molecule has 0 aliphatic carbocycles. The third-order valence-electron chi connectivity index (χ3n) is 5.36. The quantitative estimate of drug-likeness (QED) is 0.167. The van der Waals surface area contributed by atoms with Crippen LogP contribution in [0.2, 0.25) is 5.02 Å². The molecule has 0 aliphatic rings. The molecule has 0 radical (unpaired) electrons. The van der Waals surface area contributed by atoms with Crippen molar-refractivity contribution in [2.24, 2.45) is 5.10 Å². The van der Waals surface area contributed by atoms with Crippen LogP contribution in [0.15, 0.2) is 108 Å². The Morgan fingerprint density at radius 1 is 0.771 bits per heavy atom. The first-order chi connectivity index (χ1) is 17.0. The normalized spacial score (nSPS) is 12.1. The summed E-state index contributed by atoms with van der Waals surface area (Å²) >= 11 is 6.24. The number of nitrogens with zero attached hydrogens (tertiary/aromatic N) is 3. The first-order valence-corrected chi connectivity index (χ1v) is 10.9. The summed E-state index contributed by atoms with van der Waals surface area (Å²) in [5.74, 6) is -0.756. The summed E-state index contributed by atoms with van der Waals surface area (Å²) in [6.45, 7) is 0. The van der Waals surface area contributed by atoms with Gasteiger partial charge >= 0.3 is 0 Å². The third-order valence-corrected chi connectivity index (χ3v) is 5.66. The van der Waals surface area contributed by atoms with Gasteiger partial charge in [0.2, 0.25) is 0 Å². The van der Waals surface area contributed by atoms with E-state index < -0.39 is 27.1 Å². The molecule has 9 heteroatoms. The minimum Gasteiger partial charge on any atom is -0.278 e. The van der Waals surface area contributed by atoms with E-state index in [1.807, 2.05) is 91.0 Å². The smallest absolute Gasteiger partial charge is 0.278 e. The van der Waals surface area contributed by atoms with Crippen molar-refractivity contribution in [2.75, 3.05) is 5.43 Å². The van der Waals surface area contributed by atoms with E-state index in [1.54, 1.807) is 0 Å². The van der Waals surface area contributed by atoms with Crippen molar-refractivity contribution in [3.05, 3.63) is 145 Å². The molecule has 0 spiro atoms. The predicted molar refractivity (Wildman–Crippen MR) is 136 cm³/mol. The topological polar surface area (TPSA) is 111 Å². The Morgan fingerprint density at radius 3 is 1.89 bits per heavy atom. The highest BCUT2D eigenvalue weighted by molar-refractivity contribution is 6.33. The Labute approximate surface area is 205 Å². The fourth-order valence-electron chi connectivity index (χ4n) is 3.77. The Balaban J connectivity index is 1.99. The van der Waals surface area contributed by atoms with E-state index in [-0.39, 0.29) is 10.6 Å². The zero-order valence-corrected chi connectivity index (χ0v) is 19.0. The molecule has 0 bridgehead atoms. The average molecular weight is 487 g/mol. The molecular weight excluding hydrogens is 468 g/mol. The van der Waals surface area contributed by atoms with Crippen LogP contribution in [0, 0.1) is 20.2 Å². The number of nitro groups is 2. The Hall–Kier alpha value is -4.56. The zero-order valence-electron chi connectivity index (χ0n) is 18.2. The lowest BCUT2D eigenvalue weighted by Crippen LogP contribution is -2.19. The van der Waals surface area contributed by atoms with E-state index in [0.29, 0.717) is 16.8 Å². The molecule has 0 aliphatic heterocycles. The highest BCUT2D eigenvalue weighted by Gasteiger charge is 2.32. The molecule has 4 aromatic carbocycles. The molecule has 0 aromatic heterocycles. The summed E-state index contributed by atoms with van der Waals surface area (Å²) < 4.78 is 0. The maximum Gasteiger partial charge on any atom is 0.294 e. The van der Waals surface area contributed by atoms with E-state index in [4.69, 9.17) is 11.6 Å². The van der Waals surface area contributed by atoms with Crippen LogP contribution in [-0.2, 0) is 0 Å². The van der Waals surface area contributed by atoms with E-state index in [9.17, 15) is 20.2 Å². The maximum atomic E-state index is 12.1. The van der Waals surface area contributed by atoms with Crippen molar-refractivity contribution in [1.82, 2.24) is 0 Å². The SMILES string of the molecule is O=[N+]([O-])c1cc([N+](=O)[O-])c([C@H](/C(=N\Nc2ccccc2)c2ccccc2)c2ccccc2)cc1Cl. The number of hydrazone groups is 1. The van der Waals surface area contributed by atoms with E-state index in [1.165, 1.54) is 6.07 Å². The molecule has 0 fully saturated rings. The molecule has 174 valence electrons. The molecule has 0 saturated heterocycles. The number of halogens is 1. The average Bonchev–Trinajstić information content (AvgIpc) is 2.87. The van der Waals surface area contributed by atoms with Crippen LogP contribution in [0.3, 0.4) is 0 Å². The van der Waals surface area contributed by atoms with Gasteiger partial charge in [-0.2, -0.15) is 5.10 Å². The van der Waals surface area contributed by atoms with Gasteiger partial charge in [-0.1, -0.05) is 90.5 Å². The molecule has 1 atom stereocenters. The van der Waals surface area contributed by atoms with Gasteiger partial charge in [-0.05, 0) is 29.3 Å². The molecule has 8 nitrogen and oxygen atoms in total. The largest absolute Gasteiger partial charge is 0.294 e. The van der Waals surface area contributed by atoms with Crippen LogP contribution < -0.4 is 5.43 Å². The number of hydrogen-bond donors (Lipinski definition) is 1. The van der Waals surface area contributed by atoms with Crippen LogP contribution >= 0.6 is 11.6 Å². The molecule has 0 saturated carbocycles. The first kappa shape index (κ1) is 23.6. The van der Waals surface area contributed by atoms with Crippen molar-refractivity contribution in [3.8, 4) is 0 Å². The summed E-state index contributed by atoms with van der Waals surface area (Å²) in [7, 11) is 0. The van der Waals surface area contributed by atoms with E-state index in [0.717, 1.165) is 11.8 Å². The lowest BCUT2D eigenvalue weighted by Gasteiger charge is -2.21. The number of para-hydroxylation sites is 1. The highest BCUT2D eigenvalue weighted by atomic mass is 35.5. The highest BCUT2D eigenvalue weighted by Crippen LogP contribution is 2.40. The van der Waals surface area contributed by atoms with Crippen molar-refractivity contribution >= 4 is 34.4 Å². The van der Waals surface area contributed by atoms with Crippen LogP contribution in [0.1, 0.15) is 22.6 Å². The van der Waals surface area contributed by atoms with Crippen molar-refractivity contribution in [2.45, 2.75) is 5.92 Å². The monoisotopic (exact) mass is 486 g/mol. The van der Waals surface area contributed by atoms with Gasteiger partial charge in [0.05, 0.1) is 33.2 Å². The molecule has 0 unspecified atom stereocenters. The lowest BCUT2D eigenvalue weighted by molar-refractivity contribution is -0.394. The number of rotatable bonds is 8. The van der Waals surface area contributed by atoms with Crippen molar-refractivity contribution < 1.29 is 9.85 Å². The van der Waals surface area contributed by atoms with Crippen LogP contribution in [0.25, 0.3) is 0 Å². The van der Waals surface area contributed by atoms with Gasteiger partial charge in [-0.3, -0.25) is 25.7 Å². The van der Waals surface area contributed by atoms with Gasteiger partial charge in [0.15, 0.2) is 0 Å².